The molecule has 0 bridgehead atoms. The molecule has 0 aliphatic rings. The SMILES string of the molecule is Fc1cccc(Nc2nc(Cl)nc3[nH]ncc23)c1F. The second-order valence-corrected chi connectivity index (χ2v) is 4.04. The van der Waals surface area contributed by atoms with E-state index in [2.05, 4.69) is 25.5 Å². The zero-order valence-electron chi connectivity index (χ0n) is 9.28. The van der Waals surface area contributed by atoms with Crippen LogP contribution in [0, 0.1) is 11.6 Å². The Kier molecular flexibility index (Phi) is 2.75. The number of benzene rings is 1. The Morgan fingerprint density at radius 1 is 1.21 bits per heavy atom. The molecule has 5 nitrogen and oxygen atoms in total. The second-order valence-electron chi connectivity index (χ2n) is 3.70. The smallest absolute Gasteiger partial charge is 0.226 e. The highest BCUT2D eigenvalue weighted by Crippen LogP contribution is 2.26. The zero-order chi connectivity index (χ0) is 13.4. The first-order valence-corrected chi connectivity index (χ1v) is 5.60. The second kappa shape index (κ2) is 4.43. The average molecular weight is 282 g/mol. The maximum absolute atomic E-state index is 13.6. The standard InChI is InChI=1S/C11H6ClF2N5/c12-11-17-9(5-4-15-19-10(5)18-11)16-7-3-1-2-6(13)8(7)14/h1-4H,(H2,15,16,17,18,19). The van der Waals surface area contributed by atoms with E-state index < -0.39 is 11.6 Å². The lowest BCUT2D eigenvalue weighted by Gasteiger charge is -2.07. The Balaban J connectivity index is 2.10. The number of H-pyrrole nitrogens is 1. The molecule has 0 aliphatic carbocycles. The van der Waals surface area contributed by atoms with Crippen LogP contribution >= 0.6 is 11.6 Å². The van der Waals surface area contributed by atoms with E-state index in [0.29, 0.717) is 11.0 Å². The van der Waals surface area contributed by atoms with Crippen LogP contribution in [0.3, 0.4) is 0 Å². The third-order valence-corrected chi connectivity index (χ3v) is 2.66. The van der Waals surface area contributed by atoms with Crippen LogP contribution in [0.15, 0.2) is 24.4 Å². The van der Waals surface area contributed by atoms with Crippen molar-refractivity contribution in [1.29, 1.82) is 0 Å². The fourth-order valence-corrected chi connectivity index (χ4v) is 1.80. The normalized spacial score (nSPS) is 10.9. The summed E-state index contributed by atoms with van der Waals surface area (Å²) in [5.74, 6) is -1.70. The van der Waals surface area contributed by atoms with Gasteiger partial charge in [0.05, 0.1) is 17.3 Å². The Labute approximate surface area is 110 Å². The number of aromatic amines is 1. The van der Waals surface area contributed by atoms with E-state index in [1.54, 1.807) is 0 Å². The predicted octanol–water partition coefficient (Wildman–Crippen LogP) is 3.03. The van der Waals surface area contributed by atoms with Gasteiger partial charge in [-0.05, 0) is 23.7 Å². The molecular formula is C11H6ClF2N5. The third-order valence-electron chi connectivity index (χ3n) is 2.49. The van der Waals surface area contributed by atoms with Crippen LogP contribution in [0.2, 0.25) is 5.28 Å². The van der Waals surface area contributed by atoms with E-state index in [1.165, 1.54) is 18.3 Å². The van der Waals surface area contributed by atoms with Crippen molar-refractivity contribution in [3.8, 4) is 0 Å². The topological polar surface area (TPSA) is 66.5 Å². The van der Waals surface area contributed by atoms with E-state index in [-0.39, 0.29) is 16.8 Å². The van der Waals surface area contributed by atoms with Crippen molar-refractivity contribution in [2.75, 3.05) is 5.32 Å². The summed E-state index contributed by atoms with van der Waals surface area (Å²) < 4.78 is 26.7. The Hall–Kier alpha value is -2.28. The Morgan fingerprint density at radius 3 is 2.89 bits per heavy atom. The number of aromatic nitrogens is 4. The third kappa shape index (κ3) is 2.08. The zero-order valence-corrected chi connectivity index (χ0v) is 10.0. The van der Waals surface area contributed by atoms with Crippen molar-refractivity contribution < 1.29 is 8.78 Å². The highest BCUT2D eigenvalue weighted by molar-refractivity contribution is 6.28. The summed E-state index contributed by atoms with van der Waals surface area (Å²) in [5, 5.41) is 9.57. The first-order chi connectivity index (χ1) is 9.15. The molecule has 0 saturated heterocycles. The molecule has 0 unspecified atom stereocenters. The molecule has 3 rings (SSSR count). The molecule has 2 N–H and O–H groups in total. The van der Waals surface area contributed by atoms with Crippen molar-refractivity contribution in [3.63, 3.8) is 0 Å². The molecule has 8 heteroatoms. The van der Waals surface area contributed by atoms with Crippen LogP contribution in [0.5, 0.6) is 0 Å². The molecule has 0 aliphatic heterocycles. The Morgan fingerprint density at radius 2 is 2.05 bits per heavy atom. The van der Waals surface area contributed by atoms with Crippen LogP contribution in [-0.4, -0.2) is 20.2 Å². The van der Waals surface area contributed by atoms with Crippen LogP contribution in [0.4, 0.5) is 20.3 Å². The molecule has 0 radical (unpaired) electrons. The van der Waals surface area contributed by atoms with Gasteiger partial charge in [0.25, 0.3) is 0 Å². The largest absolute Gasteiger partial charge is 0.337 e. The number of hydrogen-bond acceptors (Lipinski definition) is 4. The minimum Gasteiger partial charge on any atom is -0.337 e. The molecule has 3 aromatic rings. The average Bonchev–Trinajstić information content (AvgIpc) is 2.83. The quantitative estimate of drug-likeness (QED) is 0.709. The highest BCUT2D eigenvalue weighted by Gasteiger charge is 2.12. The van der Waals surface area contributed by atoms with Crippen molar-refractivity contribution in [3.05, 3.63) is 41.3 Å². The number of fused-ring (bicyclic) bond motifs is 1. The van der Waals surface area contributed by atoms with Gasteiger partial charge in [0.2, 0.25) is 5.28 Å². The predicted molar refractivity (Wildman–Crippen MR) is 66.3 cm³/mol. The number of nitrogens with zero attached hydrogens (tertiary/aromatic N) is 3. The minimum absolute atomic E-state index is 0.0314. The van der Waals surface area contributed by atoms with Gasteiger partial charge in [0.15, 0.2) is 17.3 Å². The maximum atomic E-state index is 13.6. The number of halogens is 3. The van der Waals surface area contributed by atoms with Gasteiger partial charge in [0.1, 0.15) is 5.82 Å². The summed E-state index contributed by atoms with van der Waals surface area (Å²) in [6.45, 7) is 0. The molecule has 0 saturated carbocycles. The van der Waals surface area contributed by atoms with Gasteiger partial charge in [-0.25, -0.2) is 8.78 Å². The van der Waals surface area contributed by atoms with Gasteiger partial charge in [-0.1, -0.05) is 6.07 Å². The molecule has 2 heterocycles. The minimum atomic E-state index is -0.992. The van der Waals surface area contributed by atoms with E-state index in [1.807, 2.05) is 0 Å². The van der Waals surface area contributed by atoms with Crippen LogP contribution < -0.4 is 5.32 Å². The van der Waals surface area contributed by atoms with Gasteiger partial charge in [-0.15, -0.1) is 0 Å². The van der Waals surface area contributed by atoms with Crippen LogP contribution in [0.1, 0.15) is 0 Å². The first-order valence-electron chi connectivity index (χ1n) is 5.23. The van der Waals surface area contributed by atoms with E-state index in [4.69, 9.17) is 11.6 Å². The highest BCUT2D eigenvalue weighted by atomic mass is 35.5. The molecule has 19 heavy (non-hydrogen) atoms. The van der Waals surface area contributed by atoms with Gasteiger partial charge < -0.3 is 5.32 Å². The number of nitrogens with one attached hydrogen (secondary N) is 2. The fourth-order valence-electron chi connectivity index (χ4n) is 1.63. The Bertz CT molecular complexity index is 758. The molecule has 0 atom stereocenters. The van der Waals surface area contributed by atoms with Crippen molar-refractivity contribution in [2.24, 2.45) is 0 Å². The fraction of sp³-hybridized carbons (Fsp3) is 0. The molecule has 96 valence electrons. The molecule has 0 amide bonds. The lowest BCUT2D eigenvalue weighted by Crippen LogP contribution is -1.99. The van der Waals surface area contributed by atoms with E-state index >= 15 is 0 Å². The summed E-state index contributed by atoms with van der Waals surface area (Å²) in [6.07, 6.45) is 1.46. The molecule has 1 aromatic carbocycles. The van der Waals surface area contributed by atoms with Crippen molar-refractivity contribution in [2.45, 2.75) is 0 Å². The van der Waals surface area contributed by atoms with Crippen molar-refractivity contribution >= 4 is 34.1 Å². The summed E-state index contributed by atoms with van der Waals surface area (Å²) in [7, 11) is 0. The lowest BCUT2D eigenvalue weighted by molar-refractivity contribution is 0.512. The van der Waals surface area contributed by atoms with E-state index in [9.17, 15) is 8.78 Å². The maximum Gasteiger partial charge on any atom is 0.226 e. The first kappa shape index (κ1) is 11.8. The number of anilines is 2. The molecule has 0 spiro atoms. The van der Waals surface area contributed by atoms with Crippen molar-refractivity contribution in [1.82, 2.24) is 20.2 Å². The van der Waals surface area contributed by atoms with Gasteiger partial charge in [-0.2, -0.15) is 15.1 Å². The van der Waals surface area contributed by atoms with E-state index in [0.717, 1.165) is 6.07 Å². The molecule has 0 fully saturated rings. The van der Waals surface area contributed by atoms with Gasteiger partial charge in [0, 0.05) is 0 Å². The van der Waals surface area contributed by atoms with Gasteiger partial charge in [-0.3, -0.25) is 5.10 Å². The summed E-state index contributed by atoms with van der Waals surface area (Å²) in [5.41, 5.74) is 0.358. The lowest BCUT2D eigenvalue weighted by atomic mass is 10.3. The molecule has 2 aromatic heterocycles. The number of hydrogen-bond donors (Lipinski definition) is 2. The van der Waals surface area contributed by atoms with Crippen LogP contribution in [-0.2, 0) is 0 Å². The van der Waals surface area contributed by atoms with Crippen LogP contribution in [0.25, 0.3) is 11.0 Å². The number of rotatable bonds is 2. The summed E-state index contributed by atoms with van der Waals surface area (Å²) in [6, 6.07) is 3.80. The summed E-state index contributed by atoms with van der Waals surface area (Å²) >= 11 is 5.74. The molecular weight excluding hydrogens is 276 g/mol. The van der Waals surface area contributed by atoms with Gasteiger partial charge >= 0.3 is 0 Å². The monoisotopic (exact) mass is 281 g/mol. The summed E-state index contributed by atoms with van der Waals surface area (Å²) in [4.78, 5) is 7.84.